The molecule has 1 aliphatic rings. The standard InChI is InChI=1S/C20H27NO5/c1-6-26-20(23)19-13(2)11-18(22)21(14(19)3)10-9-15-12-16(24-4)7-8-17(15)25-5/h7-8,12-13H,6,9-11H2,1-5H3. The van der Waals surface area contributed by atoms with Crippen molar-refractivity contribution in [2.45, 2.75) is 33.6 Å². The van der Waals surface area contributed by atoms with Crippen LogP contribution in [0, 0.1) is 5.92 Å². The highest BCUT2D eigenvalue weighted by molar-refractivity contribution is 5.94. The molecular weight excluding hydrogens is 334 g/mol. The first-order chi connectivity index (χ1) is 12.4. The predicted octanol–water partition coefficient (Wildman–Crippen LogP) is 2.95. The molecule has 1 amide bonds. The summed E-state index contributed by atoms with van der Waals surface area (Å²) < 4.78 is 15.8. The van der Waals surface area contributed by atoms with Crippen molar-refractivity contribution in [3.63, 3.8) is 0 Å². The largest absolute Gasteiger partial charge is 0.497 e. The molecule has 0 spiro atoms. The number of benzene rings is 1. The Balaban J connectivity index is 2.25. The number of rotatable bonds is 7. The molecule has 142 valence electrons. The molecule has 1 atom stereocenters. The molecule has 1 aliphatic heterocycles. The quantitative estimate of drug-likeness (QED) is 0.699. The van der Waals surface area contributed by atoms with Gasteiger partial charge in [-0.3, -0.25) is 4.79 Å². The van der Waals surface area contributed by atoms with E-state index in [0.717, 1.165) is 17.1 Å². The molecule has 1 unspecified atom stereocenters. The van der Waals surface area contributed by atoms with E-state index in [1.165, 1.54) is 0 Å². The minimum atomic E-state index is -0.339. The maximum Gasteiger partial charge on any atom is 0.336 e. The minimum Gasteiger partial charge on any atom is -0.497 e. The van der Waals surface area contributed by atoms with Crippen molar-refractivity contribution in [3.8, 4) is 11.5 Å². The molecule has 1 aromatic carbocycles. The van der Waals surface area contributed by atoms with E-state index < -0.39 is 0 Å². The molecule has 0 saturated heterocycles. The number of carbonyl (C=O) groups excluding carboxylic acids is 2. The summed E-state index contributed by atoms with van der Waals surface area (Å²) in [6.45, 7) is 6.25. The zero-order valence-electron chi connectivity index (χ0n) is 16.1. The molecule has 0 N–H and O–H groups in total. The van der Waals surface area contributed by atoms with Gasteiger partial charge in [0.05, 0.1) is 26.4 Å². The van der Waals surface area contributed by atoms with Gasteiger partial charge in [0.25, 0.3) is 0 Å². The molecule has 1 heterocycles. The summed E-state index contributed by atoms with van der Waals surface area (Å²) in [7, 11) is 3.22. The fraction of sp³-hybridized carbons (Fsp3) is 0.500. The summed E-state index contributed by atoms with van der Waals surface area (Å²) in [6, 6.07) is 5.59. The third kappa shape index (κ3) is 4.18. The number of carbonyl (C=O) groups is 2. The number of hydrogen-bond donors (Lipinski definition) is 0. The number of hydrogen-bond acceptors (Lipinski definition) is 5. The molecule has 2 rings (SSSR count). The van der Waals surface area contributed by atoms with Gasteiger partial charge in [-0.15, -0.1) is 0 Å². The number of amides is 1. The number of ether oxygens (including phenoxy) is 3. The Hall–Kier alpha value is -2.50. The van der Waals surface area contributed by atoms with Crippen LogP contribution in [-0.4, -0.2) is 44.1 Å². The summed E-state index contributed by atoms with van der Waals surface area (Å²) >= 11 is 0. The number of methoxy groups -OCH3 is 2. The van der Waals surface area contributed by atoms with E-state index in [-0.39, 0.29) is 17.8 Å². The van der Waals surface area contributed by atoms with Crippen LogP contribution in [-0.2, 0) is 20.7 Å². The van der Waals surface area contributed by atoms with Gasteiger partial charge in [-0.2, -0.15) is 0 Å². The van der Waals surface area contributed by atoms with Crippen molar-refractivity contribution in [1.29, 1.82) is 0 Å². The van der Waals surface area contributed by atoms with Crippen LogP contribution in [0.3, 0.4) is 0 Å². The predicted molar refractivity (Wildman–Crippen MR) is 98.1 cm³/mol. The molecule has 0 radical (unpaired) electrons. The lowest BCUT2D eigenvalue weighted by atomic mass is 9.91. The Morgan fingerprint density at radius 1 is 1.27 bits per heavy atom. The van der Waals surface area contributed by atoms with Gasteiger partial charge in [0.1, 0.15) is 11.5 Å². The number of nitrogens with zero attached hydrogens (tertiary/aromatic N) is 1. The smallest absolute Gasteiger partial charge is 0.336 e. The van der Waals surface area contributed by atoms with E-state index in [0.29, 0.717) is 37.3 Å². The third-order valence-corrected chi connectivity index (χ3v) is 4.66. The molecule has 6 nitrogen and oxygen atoms in total. The Bertz CT molecular complexity index is 710. The van der Waals surface area contributed by atoms with Crippen LogP contribution in [0.25, 0.3) is 0 Å². The third-order valence-electron chi connectivity index (χ3n) is 4.66. The first-order valence-corrected chi connectivity index (χ1v) is 8.82. The van der Waals surface area contributed by atoms with Gasteiger partial charge in [0.2, 0.25) is 5.91 Å². The second-order valence-corrected chi connectivity index (χ2v) is 6.30. The van der Waals surface area contributed by atoms with Crippen LogP contribution < -0.4 is 9.47 Å². The molecule has 0 aliphatic carbocycles. The zero-order valence-corrected chi connectivity index (χ0v) is 16.1. The Morgan fingerprint density at radius 3 is 2.62 bits per heavy atom. The molecule has 0 bridgehead atoms. The van der Waals surface area contributed by atoms with Crippen molar-refractivity contribution in [2.75, 3.05) is 27.4 Å². The molecule has 26 heavy (non-hydrogen) atoms. The van der Waals surface area contributed by atoms with Crippen molar-refractivity contribution in [3.05, 3.63) is 35.0 Å². The van der Waals surface area contributed by atoms with Gasteiger partial charge in [-0.05, 0) is 49.9 Å². The van der Waals surface area contributed by atoms with Crippen LogP contribution in [0.1, 0.15) is 32.8 Å². The lowest BCUT2D eigenvalue weighted by Gasteiger charge is -2.33. The highest BCUT2D eigenvalue weighted by atomic mass is 16.5. The fourth-order valence-corrected chi connectivity index (χ4v) is 3.32. The lowest BCUT2D eigenvalue weighted by Crippen LogP contribution is -2.39. The van der Waals surface area contributed by atoms with Crippen LogP contribution in [0.4, 0.5) is 0 Å². The molecule has 0 saturated carbocycles. The van der Waals surface area contributed by atoms with Crippen molar-refractivity contribution >= 4 is 11.9 Å². The van der Waals surface area contributed by atoms with Gasteiger partial charge in [0, 0.05) is 18.7 Å². The van der Waals surface area contributed by atoms with E-state index in [1.54, 1.807) is 26.0 Å². The highest BCUT2D eigenvalue weighted by Gasteiger charge is 2.33. The van der Waals surface area contributed by atoms with Crippen molar-refractivity contribution < 1.29 is 23.8 Å². The number of allylic oxidation sites excluding steroid dienone is 1. The second kappa shape index (κ2) is 8.74. The minimum absolute atomic E-state index is 0.0184. The molecule has 0 aromatic heterocycles. The van der Waals surface area contributed by atoms with Gasteiger partial charge < -0.3 is 19.1 Å². The first-order valence-electron chi connectivity index (χ1n) is 8.82. The average molecular weight is 361 g/mol. The first kappa shape index (κ1) is 19.8. The Morgan fingerprint density at radius 2 is 2.00 bits per heavy atom. The lowest BCUT2D eigenvalue weighted by molar-refractivity contribution is -0.140. The van der Waals surface area contributed by atoms with Crippen molar-refractivity contribution in [1.82, 2.24) is 4.90 Å². The van der Waals surface area contributed by atoms with Gasteiger partial charge in [0.15, 0.2) is 0 Å². The normalized spacial score (nSPS) is 17.3. The SMILES string of the molecule is CCOC(=O)C1=C(C)N(CCc2cc(OC)ccc2OC)C(=O)CC1C. The molecule has 0 fully saturated rings. The fourth-order valence-electron chi connectivity index (χ4n) is 3.32. The molecular formula is C20H27NO5. The van der Waals surface area contributed by atoms with Crippen molar-refractivity contribution in [2.24, 2.45) is 5.92 Å². The summed E-state index contributed by atoms with van der Waals surface area (Å²) in [5, 5.41) is 0. The van der Waals surface area contributed by atoms with Crippen LogP contribution >= 0.6 is 0 Å². The van der Waals surface area contributed by atoms with E-state index in [4.69, 9.17) is 14.2 Å². The molecule has 6 heteroatoms. The number of esters is 1. The topological polar surface area (TPSA) is 65.1 Å². The van der Waals surface area contributed by atoms with Gasteiger partial charge in [-0.25, -0.2) is 4.79 Å². The van der Waals surface area contributed by atoms with E-state index in [2.05, 4.69) is 0 Å². The summed E-state index contributed by atoms with van der Waals surface area (Å²) in [5.74, 6) is 1.03. The second-order valence-electron chi connectivity index (χ2n) is 6.30. The van der Waals surface area contributed by atoms with Gasteiger partial charge >= 0.3 is 5.97 Å². The summed E-state index contributed by atoms with van der Waals surface area (Å²) in [4.78, 5) is 26.5. The van der Waals surface area contributed by atoms with E-state index >= 15 is 0 Å². The maximum absolute atomic E-state index is 12.5. The maximum atomic E-state index is 12.5. The van der Waals surface area contributed by atoms with E-state index in [1.807, 2.05) is 32.0 Å². The summed E-state index contributed by atoms with van der Waals surface area (Å²) in [5.41, 5.74) is 2.21. The van der Waals surface area contributed by atoms with E-state index in [9.17, 15) is 9.59 Å². The Labute approximate surface area is 154 Å². The monoisotopic (exact) mass is 361 g/mol. The van der Waals surface area contributed by atoms with Crippen LogP contribution in [0.2, 0.25) is 0 Å². The van der Waals surface area contributed by atoms with Gasteiger partial charge in [-0.1, -0.05) is 6.92 Å². The zero-order chi connectivity index (χ0) is 19.3. The summed E-state index contributed by atoms with van der Waals surface area (Å²) in [6.07, 6.45) is 0.897. The average Bonchev–Trinajstić information content (AvgIpc) is 2.61. The van der Waals surface area contributed by atoms with Crippen LogP contribution in [0.5, 0.6) is 11.5 Å². The highest BCUT2D eigenvalue weighted by Crippen LogP contribution is 2.30. The Kier molecular flexibility index (Phi) is 6.66. The molecule has 1 aromatic rings. The van der Waals surface area contributed by atoms with Crippen LogP contribution in [0.15, 0.2) is 29.5 Å².